The Bertz CT molecular complexity index is 496. The van der Waals surface area contributed by atoms with Gasteiger partial charge in [-0.25, -0.2) is 4.98 Å². The molecule has 1 aliphatic rings. The van der Waals surface area contributed by atoms with Gasteiger partial charge in [-0.15, -0.1) is 0 Å². The molecule has 0 saturated heterocycles. The van der Waals surface area contributed by atoms with Gasteiger partial charge < -0.3 is 9.09 Å². The van der Waals surface area contributed by atoms with Gasteiger partial charge in [0.05, 0.1) is 6.54 Å². The molecule has 3 rings (SSSR count). The predicted molar refractivity (Wildman–Crippen MR) is 61.6 cm³/mol. The third kappa shape index (κ3) is 2.09. The molecule has 1 fully saturated rings. The molecule has 2 aromatic heterocycles. The first kappa shape index (κ1) is 10.5. The molecule has 1 aliphatic carbocycles. The zero-order valence-electron chi connectivity index (χ0n) is 9.96. The number of hydrogen-bond donors (Lipinski definition) is 0. The van der Waals surface area contributed by atoms with Gasteiger partial charge in [-0.1, -0.05) is 18.0 Å². The zero-order valence-corrected chi connectivity index (χ0v) is 9.96. The summed E-state index contributed by atoms with van der Waals surface area (Å²) in [6.07, 6.45) is 8.65. The number of aromatic nitrogens is 4. The van der Waals surface area contributed by atoms with Crippen molar-refractivity contribution in [2.75, 3.05) is 0 Å². The standard InChI is InChI=1S/C12H16N4O/c1-9-13-6-7-16(9)8-11-14-12(17-15-11)10-4-2-3-5-10/h6-7,10H,2-5,8H2,1H3. The molecule has 0 bridgehead atoms. The molecule has 0 aliphatic heterocycles. The highest BCUT2D eigenvalue weighted by atomic mass is 16.5. The van der Waals surface area contributed by atoms with E-state index in [1.807, 2.05) is 17.7 Å². The van der Waals surface area contributed by atoms with Crippen LogP contribution in [0.2, 0.25) is 0 Å². The summed E-state index contributed by atoms with van der Waals surface area (Å²) in [4.78, 5) is 8.66. The van der Waals surface area contributed by atoms with Crippen LogP contribution in [-0.2, 0) is 6.54 Å². The second-order valence-corrected chi connectivity index (χ2v) is 4.63. The number of nitrogens with zero attached hydrogens (tertiary/aromatic N) is 4. The molecule has 1 saturated carbocycles. The van der Waals surface area contributed by atoms with Gasteiger partial charge in [0, 0.05) is 18.3 Å². The van der Waals surface area contributed by atoms with E-state index >= 15 is 0 Å². The van der Waals surface area contributed by atoms with E-state index < -0.39 is 0 Å². The second kappa shape index (κ2) is 4.31. The number of rotatable bonds is 3. The van der Waals surface area contributed by atoms with Crippen LogP contribution >= 0.6 is 0 Å². The summed E-state index contributed by atoms with van der Waals surface area (Å²) in [6, 6.07) is 0. The van der Waals surface area contributed by atoms with Crippen LogP contribution < -0.4 is 0 Å². The largest absolute Gasteiger partial charge is 0.339 e. The fraction of sp³-hybridized carbons (Fsp3) is 0.583. The van der Waals surface area contributed by atoms with E-state index in [1.54, 1.807) is 6.20 Å². The lowest BCUT2D eigenvalue weighted by molar-refractivity contribution is 0.349. The normalized spacial score (nSPS) is 16.8. The molecule has 5 heteroatoms. The lowest BCUT2D eigenvalue weighted by Gasteiger charge is -2.00. The van der Waals surface area contributed by atoms with E-state index in [2.05, 4.69) is 15.1 Å². The van der Waals surface area contributed by atoms with Gasteiger partial charge in [-0.05, 0) is 19.8 Å². The van der Waals surface area contributed by atoms with Gasteiger partial charge in [0.25, 0.3) is 0 Å². The summed E-state index contributed by atoms with van der Waals surface area (Å²) < 4.78 is 7.36. The first-order chi connectivity index (χ1) is 8.33. The van der Waals surface area contributed by atoms with Gasteiger partial charge >= 0.3 is 0 Å². The third-order valence-corrected chi connectivity index (χ3v) is 3.42. The zero-order chi connectivity index (χ0) is 11.7. The Morgan fingerprint density at radius 3 is 2.94 bits per heavy atom. The predicted octanol–water partition coefficient (Wildman–Crippen LogP) is 2.28. The van der Waals surface area contributed by atoms with E-state index in [9.17, 15) is 0 Å². The van der Waals surface area contributed by atoms with Crippen LogP contribution in [0.25, 0.3) is 0 Å². The van der Waals surface area contributed by atoms with Crippen molar-refractivity contribution < 1.29 is 4.52 Å². The summed E-state index contributed by atoms with van der Waals surface area (Å²) in [6.45, 7) is 2.61. The summed E-state index contributed by atoms with van der Waals surface area (Å²) >= 11 is 0. The first-order valence-corrected chi connectivity index (χ1v) is 6.13. The van der Waals surface area contributed by atoms with E-state index in [0.717, 1.165) is 17.5 Å². The van der Waals surface area contributed by atoms with Gasteiger partial charge in [-0.2, -0.15) is 4.98 Å². The maximum absolute atomic E-state index is 5.34. The third-order valence-electron chi connectivity index (χ3n) is 3.42. The summed E-state index contributed by atoms with van der Waals surface area (Å²) in [5.41, 5.74) is 0. The van der Waals surface area contributed by atoms with E-state index in [1.165, 1.54) is 25.7 Å². The van der Waals surface area contributed by atoms with Crippen LogP contribution in [0.15, 0.2) is 16.9 Å². The minimum absolute atomic E-state index is 0.486. The van der Waals surface area contributed by atoms with E-state index in [4.69, 9.17) is 4.52 Å². The Morgan fingerprint density at radius 1 is 1.41 bits per heavy atom. The fourth-order valence-electron chi connectivity index (χ4n) is 2.39. The molecule has 90 valence electrons. The van der Waals surface area contributed by atoms with Crippen LogP contribution in [0, 0.1) is 6.92 Å². The Labute approximate surface area is 99.9 Å². The van der Waals surface area contributed by atoms with Crippen molar-refractivity contribution in [3.63, 3.8) is 0 Å². The van der Waals surface area contributed by atoms with E-state index in [-0.39, 0.29) is 0 Å². The van der Waals surface area contributed by atoms with Crippen molar-refractivity contribution in [3.05, 3.63) is 29.9 Å². The highest BCUT2D eigenvalue weighted by Crippen LogP contribution is 2.32. The SMILES string of the molecule is Cc1nccn1Cc1noc(C2CCCC2)n1. The van der Waals surface area contributed by atoms with Crippen LogP contribution in [0.3, 0.4) is 0 Å². The van der Waals surface area contributed by atoms with Crippen LogP contribution in [0.1, 0.15) is 49.1 Å². The highest BCUT2D eigenvalue weighted by Gasteiger charge is 2.22. The van der Waals surface area contributed by atoms with Crippen molar-refractivity contribution in [3.8, 4) is 0 Å². The molecular weight excluding hydrogens is 216 g/mol. The molecular formula is C12H16N4O. The van der Waals surface area contributed by atoms with Gasteiger partial charge in [0.2, 0.25) is 5.89 Å². The molecule has 0 atom stereocenters. The van der Waals surface area contributed by atoms with Crippen molar-refractivity contribution in [1.29, 1.82) is 0 Å². The number of imidazole rings is 1. The quantitative estimate of drug-likeness (QED) is 0.814. The Kier molecular flexibility index (Phi) is 2.66. The van der Waals surface area contributed by atoms with Gasteiger partial charge in [0.15, 0.2) is 5.82 Å². The van der Waals surface area contributed by atoms with Crippen LogP contribution in [-0.4, -0.2) is 19.7 Å². The van der Waals surface area contributed by atoms with Crippen LogP contribution in [0.4, 0.5) is 0 Å². The Hall–Kier alpha value is -1.65. The monoisotopic (exact) mass is 232 g/mol. The fourth-order valence-corrected chi connectivity index (χ4v) is 2.39. The molecule has 5 nitrogen and oxygen atoms in total. The average molecular weight is 232 g/mol. The summed E-state index contributed by atoms with van der Waals surface area (Å²) in [5.74, 6) is 3.01. The van der Waals surface area contributed by atoms with Crippen LogP contribution in [0.5, 0.6) is 0 Å². The number of aryl methyl sites for hydroxylation is 1. The average Bonchev–Trinajstić information content (AvgIpc) is 3.02. The maximum atomic E-state index is 5.34. The molecule has 0 spiro atoms. The maximum Gasteiger partial charge on any atom is 0.229 e. The molecule has 0 N–H and O–H groups in total. The minimum Gasteiger partial charge on any atom is -0.339 e. The number of hydrogen-bond acceptors (Lipinski definition) is 4. The molecule has 0 amide bonds. The Balaban J connectivity index is 1.74. The second-order valence-electron chi connectivity index (χ2n) is 4.63. The van der Waals surface area contributed by atoms with Crippen molar-refractivity contribution in [1.82, 2.24) is 19.7 Å². The summed E-state index contributed by atoms with van der Waals surface area (Å²) in [5, 5.41) is 4.04. The van der Waals surface area contributed by atoms with Gasteiger partial charge in [0.1, 0.15) is 5.82 Å². The van der Waals surface area contributed by atoms with E-state index in [0.29, 0.717) is 12.5 Å². The van der Waals surface area contributed by atoms with Gasteiger partial charge in [-0.3, -0.25) is 0 Å². The van der Waals surface area contributed by atoms with Crippen molar-refractivity contribution in [2.45, 2.75) is 45.1 Å². The Morgan fingerprint density at radius 2 is 2.24 bits per heavy atom. The molecule has 17 heavy (non-hydrogen) atoms. The molecule has 0 aromatic carbocycles. The topological polar surface area (TPSA) is 56.7 Å². The molecule has 2 aromatic rings. The lowest BCUT2D eigenvalue weighted by atomic mass is 10.1. The first-order valence-electron chi connectivity index (χ1n) is 6.13. The van der Waals surface area contributed by atoms with Crippen molar-refractivity contribution in [2.24, 2.45) is 0 Å². The molecule has 2 heterocycles. The lowest BCUT2D eigenvalue weighted by Crippen LogP contribution is -2.02. The molecule has 0 unspecified atom stereocenters. The van der Waals surface area contributed by atoms with Crippen molar-refractivity contribution >= 4 is 0 Å². The minimum atomic E-state index is 0.486. The highest BCUT2D eigenvalue weighted by molar-refractivity contribution is 4.99. The smallest absolute Gasteiger partial charge is 0.229 e. The molecule has 0 radical (unpaired) electrons. The summed E-state index contributed by atoms with van der Waals surface area (Å²) in [7, 11) is 0.